The van der Waals surface area contributed by atoms with Gasteiger partial charge in [-0.2, -0.15) is 26.3 Å². The van der Waals surface area contributed by atoms with E-state index in [1.165, 1.54) is 6.92 Å². The highest BCUT2D eigenvalue weighted by molar-refractivity contribution is 5.35. The van der Waals surface area contributed by atoms with Crippen molar-refractivity contribution in [1.29, 1.82) is 0 Å². The van der Waals surface area contributed by atoms with Crippen molar-refractivity contribution in [2.75, 3.05) is 6.61 Å². The second-order valence-electron chi connectivity index (χ2n) is 7.61. The lowest BCUT2D eigenvalue weighted by molar-refractivity contribution is -0.143. The van der Waals surface area contributed by atoms with Crippen LogP contribution in [0.15, 0.2) is 60.7 Å². The fourth-order valence-electron chi connectivity index (χ4n) is 3.73. The van der Waals surface area contributed by atoms with E-state index >= 15 is 0 Å². The maximum Gasteiger partial charge on any atom is 0.416 e. The van der Waals surface area contributed by atoms with Crippen LogP contribution in [-0.4, -0.2) is 6.61 Å². The average Bonchev–Trinajstić information content (AvgIpc) is 2.72. The van der Waals surface area contributed by atoms with Crippen LogP contribution in [0.5, 0.6) is 0 Å². The summed E-state index contributed by atoms with van der Waals surface area (Å²) in [4.78, 5) is 0. The minimum absolute atomic E-state index is 0.131. The van der Waals surface area contributed by atoms with Gasteiger partial charge in [0.15, 0.2) is 0 Å². The molecule has 1 aliphatic carbocycles. The van der Waals surface area contributed by atoms with E-state index in [2.05, 4.69) is 0 Å². The zero-order valence-corrected chi connectivity index (χ0v) is 16.4. The molecule has 30 heavy (non-hydrogen) atoms. The van der Waals surface area contributed by atoms with Crippen LogP contribution in [-0.2, 0) is 22.5 Å². The SMILES string of the molecule is C[C@@H](OC[C@]1(c2ccccc2)C=CCCC1)c1cc(C(F)(F)F)cc(C(F)(F)F)c1. The van der Waals surface area contributed by atoms with Gasteiger partial charge in [0.1, 0.15) is 0 Å². The molecule has 0 unspecified atom stereocenters. The topological polar surface area (TPSA) is 9.23 Å². The first kappa shape index (κ1) is 22.4. The van der Waals surface area contributed by atoms with Crippen LogP contribution in [0, 0.1) is 0 Å². The first-order valence-electron chi connectivity index (χ1n) is 9.65. The van der Waals surface area contributed by atoms with Crippen molar-refractivity contribution in [2.24, 2.45) is 0 Å². The van der Waals surface area contributed by atoms with Crippen LogP contribution in [0.1, 0.15) is 54.5 Å². The Hall–Kier alpha value is -2.28. The van der Waals surface area contributed by atoms with Gasteiger partial charge in [-0.05, 0) is 55.5 Å². The molecule has 0 N–H and O–H groups in total. The van der Waals surface area contributed by atoms with Gasteiger partial charge in [-0.3, -0.25) is 0 Å². The molecular weight excluding hydrogens is 406 g/mol. The molecule has 2 aromatic carbocycles. The summed E-state index contributed by atoms with van der Waals surface area (Å²) in [6.07, 6.45) is -4.00. The molecule has 0 radical (unpaired) electrons. The maximum absolute atomic E-state index is 13.1. The van der Waals surface area contributed by atoms with Crippen molar-refractivity contribution in [3.8, 4) is 0 Å². The maximum atomic E-state index is 13.1. The average molecular weight is 428 g/mol. The van der Waals surface area contributed by atoms with Crippen molar-refractivity contribution in [1.82, 2.24) is 0 Å². The van der Waals surface area contributed by atoms with Gasteiger partial charge in [0.2, 0.25) is 0 Å². The molecule has 2 atom stereocenters. The van der Waals surface area contributed by atoms with E-state index in [0.29, 0.717) is 0 Å². The Labute approximate surface area is 171 Å². The highest BCUT2D eigenvalue weighted by Crippen LogP contribution is 2.40. The van der Waals surface area contributed by atoms with Crippen molar-refractivity contribution >= 4 is 0 Å². The first-order valence-corrected chi connectivity index (χ1v) is 9.65. The molecule has 1 nitrogen and oxygen atoms in total. The lowest BCUT2D eigenvalue weighted by atomic mass is 9.74. The number of rotatable bonds is 5. The Morgan fingerprint density at radius 2 is 1.53 bits per heavy atom. The summed E-state index contributed by atoms with van der Waals surface area (Å²) in [5, 5.41) is 0. The summed E-state index contributed by atoms with van der Waals surface area (Å²) in [5.74, 6) is 0. The predicted octanol–water partition coefficient (Wildman–Crippen LogP) is 7.48. The van der Waals surface area contributed by atoms with Gasteiger partial charge >= 0.3 is 12.4 Å². The van der Waals surface area contributed by atoms with E-state index < -0.39 is 35.0 Å². The second-order valence-corrected chi connectivity index (χ2v) is 7.61. The van der Waals surface area contributed by atoms with E-state index in [1.54, 1.807) is 0 Å². The molecule has 0 fully saturated rings. The summed E-state index contributed by atoms with van der Waals surface area (Å²) >= 11 is 0. The standard InChI is InChI=1S/C23H22F6O/c1-16(17-12-19(22(24,25)26)14-20(13-17)23(27,28)29)30-15-21(10-6-3-7-11-21)18-8-4-2-5-9-18/h2,4-6,8-10,12-14,16H,3,7,11,15H2,1H3/t16-,21+/m1/s1. The number of ether oxygens (including phenoxy) is 1. The molecule has 0 aliphatic heterocycles. The third-order valence-corrected chi connectivity index (χ3v) is 5.45. The van der Waals surface area contributed by atoms with Crippen LogP contribution in [0.4, 0.5) is 26.3 Å². The van der Waals surface area contributed by atoms with Gasteiger partial charge in [-0.1, -0.05) is 42.5 Å². The number of benzene rings is 2. The molecule has 0 aromatic heterocycles. The molecule has 1 aliphatic rings. The largest absolute Gasteiger partial charge is 0.416 e. The molecular formula is C23H22F6O. The zero-order valence-electron chi connectivity index (χ0n) is 16.4. The number of alkyl halides is 6. The summed E-state index contributed by atoms with van der Waals surface area (Å²) < 4.78 is 84.7. The molecule has 0 spiro atoms. The monoisotopic (exact) mass is 428 g/mol. The van der Waals surface area contributed by atoms with E-state index in [1.807, 2.05) is 42.5 Å². The molecule has 0 bridgehead atoms. The lowest BCUT2D eigenvalue weighted by Crippen LogP contribution is -2.32. The van der Waals surface area contributed by atoms with Gasteiger partial charge in [-0.25, -0.2) is 0 Å². The molecule has 0 saturated carbocycles. The highest BCUT2D eigenvalue weighted by atomic mass is 19.4. The van der Waals surface area contributed by atoms with Crippen LogP contribution < -0.4 is 0 Å². The number of allylic oxidation sites excluding steroid dienone is 1. The normalized spacial score (nSPS) is 20.9. The molecule has 3 rings (SSSR count). The summed E-state index contributed by atoms with van der Waals surface area (Å²) in [6, 6.07) is 11.2. The van der Waals surface area contributed by atoms with E-state index in [-0.39, 0.29) is 18.2 Å². The molecule has 0 saturated heterocycles. The smallest absolute Gasteiger partial charge is 0.373 e. The van der Waals surface area contributed by atoms with Crippen LogP contribution in [0.25, 0.3) is 0 Å². The van der Waals surface area contributed by atoms with Gasteiger partial charge in [-0.15, -0.1) is 0 Å². The van der Waals surface area contributed by atoms with Gasteiger partial charge in [0.25, 0.3) is 0 Å². The van der Waals surface area contributed by atoms with Crippen molar-refractivity contribution < 1.29 is 31.1 Å². The van der Waals surface area contributed by atoms with Crippen LogP contribution >= 0.6 is 0 Å². The lowest BCUT2D eigenvalue weighted by Gasteiger charge is -2.35. The fourth-order valence-corrected chi connectivity index (χ4v) is 3.73. The Morgan fingerprint density at radius 3 is 2.03 bits per heavy atom. The molecule has 0 heterocycles. The van der Waals surface area contributed by atoms with E-state index in [0.717, 1.165) is 37.0 Å². The van der Waals surface area contributed by atoms with Gasteiger partial charge in [0.05, 0.1) is 23.8 Å². The third-order valence-electron chi connectivity index (χ3n) is 5.45. The summed E-state index contributed by atoms with van der Waals surface area (Å²) in [6.45, 7) is 1.63. The molecule has 7 heteroatoms. The third kappa shape index (κ3) is 5.06. The van der Waals surface area contributed by atoms with Crippen LogP contribution in [0.3, 0.4) is 0 Å². The van der Waals surface area contributed by atoms with Crippen molar-refractivity contribution in [3.05, 3.63) is 82.9 Å². The van der Waals surface area contributed by atoms with Gasteiger partial charge in [0, 0.05) is 5.41 Å². The first-order chi connectivity index (χ1) is 14.0. The highest BCUT2D eigenvalue weighted by Gasteiger charge is 2.38. The number of hydrogen-bond acceptors (Lipinski definition) is 1. The predicted molar refractivity (Wildman–Crippen MR) is 102 cm³/mol. The zero-order chi connectivity index (χ0) is 22.0. The van der Waals surface area contributed by atoms with Crippen molar-refractivity contribution in [2.45, 2.75) is 50.1 Å². The second kappa shape index (κ2) is 8.46. The number of hydrogen-bond donors (Lipinski definition) is 0. The Morgan fingerprint density at radius 1 is 0.933 bits per heavy atom. The fraction of sp³-hybridized carbons (Fsp3) is 0.391. The van der Waals surface area contributed by atoms with Crippen LogP contribution in [0.2, 0.25) is 0 Å². The Bertz CT molecular complexity index is 853. The van der Waals surface area contributed by atoms with Crippen molar-refractivity contribution in [3.63, 3.8) is 0 Å². The quantitative estimate of drug-likeness (QED) is 0.354. The van der Waals surface area contributed by atoms with E-state index in [9.17, 15) is 26.3 Å². The molecule has 2 aromatic rings. The summed E-state index contributed by atoms with van der Waals surface area (Å²) in [5.41, 5.74) is -2.27. The summed E-state index contributed by atoms with van der Waals surface area (Å²) in [7, 11) is 0. The molecule has 162 valence electrons. The Balaban J connectivity index is 1.89. The van der Waals surface area contributed by atoms with E-state index in [4.69, 9.17) is 4.74 Å². The minimum Gasteiger partial charge on any atom is -0.373 e. The number of halogens is 6. The molecule has 0 amide bonds. The van der Waals surface area contributed by atoms with Gasteiger partial charge < -0.3 is 4.74 Å². The minimum atomic E-state index is -4.88. The Kier molecular flexibility index (Phi) is 6.32.